The Labute approximate surface area is 115 Å². The second-order valence-corrected chi connectivity index (χ2v) is 5.07. The van der Waals surface area contributed by atoms with Crippen molar-refractivity contribution in [1.82, 2.24) is 4.90 Å². The van der Waals surface area contributed by atoms with Gasteiger partial charge in [0.05, 0.1) is 13.2 Å². The van der Waals surface area contributed by atoms with Gasteiger partial charge >= 0.3 is 0 Å². The average molecular weight is 261 g/mol. The zero-order valence-electron chi connectivity index (χ0n) is 11.7. The van der Waals surface area contributed by atoms with Crippen LogP contribution in [-0.4, -0.2) is 43.0 Å². The lowest BCUT2D eigenvalue weighted by Crippen LogP contribution is -2.45. The van der Waals surface area contributed by atoms with E-state index in [2.05, 4.69) is 11.8 Å². The van der Waals surface area contributed by atoms with Gasteiger partial charge in [0.1, 0.15) is 0 Å². The van der Waals surface area contributed by atoms with Crippen molar-refractivity contribution >= 4 is 5.78 Å². The average Bonchev–Trinajstić information content (AvgIpc) is 2.48. The van der Waals surface area contributed by atoms with E-state index in [1.54, 1.807) is 0 Å². The van der Waals surface area contributed by atoms with Crippen LogP contribution in [0.4, 0.5) is 0 Å². The number of hydrogen-bond acceptors (Lipinski definition) is 3. The minimum absolute atomic E-state index is 0.252. The number of carbonyl (C=O) groups excluding carboxylic acids is 1. The fourth-order valence-corrected chi connectivity index (χ4v) is 2.57. The van der Waals surface area contributed by atoms with E-state index in [0.717, 1.165) is 44.7 Å². The number of Topliss-reactive ketones (excluding diaryl/α,β-unsaturated/α-hetero) is 1. The first-order chi connectivity index (χ1) is 9.31. The standard InChI is InChI=1S/C16H23NO2/c1-2-15-13-19-12-11-17(15)10-6-9-16(18)14-7-4-3-5-8-14/h3-5,7-8,15H,2,6,9-13H2,1H3/t15-/m0/s1. The molecule has 0 N–H and O–H groups in total. The molecule has 1 aliphatic rings. The molecule has 0 bridgehead atoms. The van der Waals surface area contributed by atoms with Gasteiger partial charge in [-0.1, -0.05) is 37.3 Å². The van der Waals surface area contributed by atoms with Crippen LogP contribution in [0, 0.1) is 0 Å². The lowest BCUT2D eigenvalue weighted by molar-refractivity contribution is -0.00896. The maximum Gasteiger partial charge on any atom is 0.162 e. The molecule has 0 unspecified atom stereocenters. The van der Waals surface area contributed by atoms with Crippen LogP contribution in [0.3, 0.4) is 0 Å². The summed E-state index contributed by atoms with van der Waals surface area (Å²) in [4.78, 5) is 14.5. The largest absolute Gasteiger partial charge is 0.378 e. The molecule has 1 aliphatic heterocycles. The van der Waals surface area contributed by atoms with Gasteiger partial charge in [-0.3, -0.25) is 9.69 Å². The van der Waals surface area contributed by atoms with Crippen molar-refractivity contribution in [3.05, 3.63) is 35.9 Å². The highest BCUT2D eigenvalue weighted by Crippen LogP contribution is 2.12. The van der Waals surface area contributed by atoms with Crippen molar-refractivity contribution in [2.24, 2.45) is 0 Å². The highest BCUT2D eigenvalue weighted by molar-refractivity contribution is 5.95. The van der Waals surface area contributed by atoms with E-state index in [-0.39, 0.29) is 5.78 Å². The maximum atomic E-state index is 12.0. The fourth-order valence-electron chi connectivity index (χ4n) is 2.57. The summed E-state index contributed by atoms with van der Waals surface area (Å²) in [7, 11) is 0. The number of ketones is 1. The second-order valence-electron chi connectivity index (χ2n) is 5.07. The molecule has 104 valence electrons. The van der Waals surface area contributed by atoms with Crippen LogP contribution in [0.25, 0.3) is 0 Å². The molecular weight excluding hydrogens is 238 g/mol. The summed E-state index contributed by atoms with van der Waals surface area (Å²) in [5.74, 6) is 0.252. The first kappa shape index (κ1) is 14.2. The number of hydrogen-bond donors (Lipinski definition) is 0. The number of benzene rings is 1. The van der Waals surface area contributed by atoms with Gasteiger partial charge in [0.25, 0.3) is 0 Å². The predicted octanol–water partition coefficient (Wildman–Crippen LogP) is 2.76. The Morgan fingerprint density at radius 1 is 1.37 bits per heavy atom. The molecule has 1 atom stereocenters. The highest BCUT2D eigenvalue weighted by Gasteiger charge is 2.20. The lowest BCUT2D eigenvalue weighted by Gasteiger charge is -2.34. The smallest absolute Gasteiger partial charge is 0.162 e. The molecule has 0 aromatic heterocycles. The fraction of sp³-hybridized carbons (Fsp3) is 0.562. The summed E-state index contributed by atoms with van der Waals surface area (Å²) in [6.45, 7) is 5.85. The molecule has 3 heteroatoms. The minimum Gasteiger partial charge on any atom is -0.378 e. The first-order valence-corrected chi connectivity index (χ1v) is 7.21. The van der Waals surface area contributed by atoms with Gasteiger partial charge in [-0.15, -0.1) is 0 Å². The van der Waals surface area contributed by atoms with Crippen molar-refractivity contribution in [3.63, 3.8) is 0 Å². The van der Waals surface area contributed by atoms with Crippen molar-refractivity contribution in [2.45, 2.75) is 32.2 Å². The van der Waals surface area contributed by atoms with E-state index in [0.29, 0.717) is 12.5 Å². The molecule has 0 spiro atoms. The zero-order chi connectivity index (χ0) is 13.5. The molecular formula is C16H23NO2. The molecule has 1 aromatic carbocycles. The molecule has 1 aromatic rings. The van der Waals surface area contributed by atoms with Crippen LogP contribution >= 0.6 is 0 Å². The van der Waals surface area contributed by atoms with Gasteiger partial charge < -0.3 is 4.74 Å². The van der Waals surface area contributed by atoms with Crippen LogP contribution in [-0.2, 0) is 4.74 Å². The quantitative estimate of drug-likeness (QED) is 0.737. The predicted molar refractivity (Wildman–Crippen MR) is 76.5 cm³/mol. The summed E-state index contributed by atoms with van der Waals surface area (Å²) in [6, 6.07) is 10.1. The topological polar surface area (TPSA) is 29.5 Å². The molecule has 2 rings (SSSR count). The molecule has 0 radical (unpaired) electrons. The Hall–Kier alpha value is -1.19. The van der Waals surface area contributed by atoms with Gasteiger partial charge in [0, 0.05) is 24.6 Å². The lowest BCUT2D eigenvalue weighted by atomic mass is 10.1. The molecule has 1 fully saturated rings. The molecule has 1 heterocycles. The molecule has 19 heavy (non-hydrogen) atoms. The summed E-state index contributed by atoms with van der Waals surface area (Å²) in [5.41, 5.74) is 0.830. The van der Waals surface area contributed by atoms with E-state index in [1.807, 2.05) is 30.3 Å². The molecule has 0 amide bonds. The second kappa shape index (κ2) is 7.41. The van der Waals surface area contributed by atoms with Crippen LogP contribution in [0.5, 0.6) is 0 Å². The van der Waals surface area contributed by atoms with Crippen LogP contribution in [0.2, 0.25) is 0 Å². The third-order valence-electron chi connectivity index (χ3n) is 3.77. The Kier molecular flexibility index (Phi) is 5.55. The zero-order valence-corrected chi connectivity index (χ0v) is 11.7. The summed E-state index contributed by atoms with van der Waals surface area (Å²) < 4.78 is 5.49. The number of ether oxygens (including phenoxy) is 1. The van der Waals surface area contributed by atoms with E-state index in [4.69, 9.17) is 4.74 Å². The Morgan fingerprint density at radius 3 is 2.89 bits per heavy atom. The third-order valence-corrected chi connectivity index (χ3v) is 3.77. The highest BCUT2D eigenvalue weighted by atomic mass is 16.5. The van der Waals surface area contributed by atoms with Crippen molar-refractivity contribution in [2.75, 3.05) is 26.3 Å². The number of morpholine rings is 1. The monoisotopic (exact) mass is 261 g/mol. The van der Waals surface area contributed by atoms with E-state index >= 15 is 0 Å². The van der Waals surface area contributed by atoms with Crippen LogP contribution in [0.15, 0.2) is 30.3 Å². The van der Waals surface area contributed by atoms with Crippen molar-refractivity contribution in [1.29, 1.82) is 0 Å². The van der Waals surface area contributed by atoms with E-state index in [9.17, 15) is 4.79 Å². The Balaban J connectivity index is 1.75. The molecule has 1 saturated heterocycles. The van der Waals surface area contributed by atoms with Gasteiger partial charge in [-0.2, -0.15) is 0 Å². The molecule has 0 aliphatic carbocycles. The maximum absolute atomic E-state index is 12.0. The Bertz CT molecular complexity index is 391. The van der Waals surface area contributed by atoms with Crippen molar-refractivity contribution in [3.8, 4) is 0 Å². The van der Waals surface area contributed by atoms with Crippen molar-refractivity contribution < 1.29 is 9.53 Å². The van der Waals surface area contributed by atoms with Gasteiger partial charge in [0.15, 0.2) is 5.78 Å². The SMILES string of the molecule is CC[C@H]1COCCN1CCCC(=O)c1ccccc1. The van der Waals surface area contributed by atoms with Crippen LogP contribution < -0.4 is 0 Å². The summed E-state index contributed by atoms with van der Waals surface area (Å²) in [6.07, 6.45) is 2.69. The van der Waals surface area contributed by atoms with Crippen LogP contribution in [0.1, 0.15) is 36.5 Å². The third kappa shape index (κ3) is 4.15. The normalized spacial score (nSPS) is 20.4. The Morgan fingerprint density at radius 2 is 2.16 bits per heavy atom. The van der Waals surface area contributed by atoms with Gasteiger partial charge in [-0.05, 0) is 19.4 Å². The molecule has 0 saturated carbocycles. The van der Waals surface area contributed by atoms with E-state index in [1.165, 1.54) is 0 Å². The minimum atomic E-state index is 0.252. The summed E-state index contributed by atoms with van der Waals surface area (Å²) in [5, 5.41) is 0. The first-order valence-electron chi connectivity index (χ1n) is 7.21. The summed E-state index contributed by atoms with van der Waals surface area (Å²) >= 11 is 0. The van der Waals surface area contributed by atoms with Gasteiger partial charge in [-0.25, -0.2) is 0 Å². The van der Waals surface area contributed by atoms with Gasteiger partial charge in [0.2, 0.25) is 0 Å². The van der Waals surface area contributed by atoms with E-state index < -0.39 is 0 Å². The number of rotatable bonds is 6. The number of carbonyl (C=O) groups is 1. The molecule has 3 nitrogen and oxygen atoms in total. The number of nitrogens with zero attached hydrogens (tertiary/aromatic N) is 1.